The Morgan fingerprint density at radius 1 is 1.28 bits per heavy atom. The molecule has 2 aromatic rings. The van der Waals surface area contributed by atoms with E-state index >= 15 is 0 Å². The van der Waals surface area contributed by atoms with Crippen molar-refractivity contribution in [2.24, 2.45) is 0 Å². The molecule has 2 aliphatic rings. The van der Waals surface area contributed by atoms with Gasteiger partial charge in [-0.2, -0.15) is 5.10 Å². The maximum Gasteiger partial charge on any atom is 0.272 e. The predicted octanol–water partition coefficient (Wildman–Crippen LogP) is 2.57. The predicted molar refractivity (Wildman–Crippen MR) is 101 cm³/mol. The molecule has 0 saturated carbocycles. The number of nitrogens with one attached hydrogen (secondary N) is 2. The first-order valence-electron chi connectivity index (χ1n) is 8.92. The number of piperidine rings is 1. The van der Waals surface area contributed by atoms with Crippen molar-refractivity contribution in [3.05, 3.63) is 46.8 Å². The molecule has 0 spiro atoms. The smallest absolute Gasteiger partial charge is 0.272 e. The van der Waals surface area contributed by atoms with Gasteiger partial charge in [-0.3, -0.25) is 4.79 Å². The van der Waals surface area contributed by atoms with Crippen molar-refractivity contribution in [3.8, 4) is 5.69 Å². The third-order valence-corrected chi connectivity index (χ3v) is 5.12. The molecule has 1 aliphatic heterocycles. The summed E-state index contributed by atoms with van der Waals surface area (Å²) in [7, 11) is 0. The number of hydrogen-bond donors (Lipinski definition) is 2. The number of para-hydroxylation sites is 1. The number of amides is 1. The van der Waals surface area contributed by atoms with Crippen LogP contribution in [0.15, 0.2) is 24.3 Å². The van der Waals surface area contributed by atoms with Crippen molar-refractivity contribution in [2.45, 2.75) is 45.1 Å². The Bertz CT molecular complexity index is 765. The van der Waals surface area contributed by atoms with E-state index in [9.17, 15) is 4.79 Å². The van der Waals surface area contributed by atoms with Gasteiger partial charge in [0.05, 0.1) is 5.69 Å². The van der Waals surface area contributed by atoms with Crippen molar-refractivity contribution in [1.82, 2.24) is 20.4 Å². The second-order valence-electron chi connectivity index (χ2n) is 6.84. The molecule has 1 amide bonds. The lowest BCUT2D eigenvalue weighted by atomic mass is 10.1. The van der Waals surface area contributed by atoms with Crippen LogP contribution in [0.25, 0.3) is 5.69 Å². The van der Waals surface area contributed by atoms with Gasteiger partial charge >= 0.3 is 0 Å². The van der Waals surface area contributed by atoms with E-state index in [0.29, 0.717) is 5.69 Å². The molecule has 0 radical (unpaired) electrons. The summed E-state index contributed by atoms with van der Waals surface area (Å²) in [6.45, 7) is 3.99. The average molecular weight is 361 g/mol. The fourth-order valence-corrected chi connectivity index (χ4v) is 3.85. The number of hydrogen-bond acceptors (Lipinski definition) is 3. The Kier molecular flexibility index (Phi) is 5.45. The minimum absolute atomic E-state index is 0. The number of carbonyl (C=O) groups excluding carboxylic acids is 1. The van der Waals surface area contributed by atoms with Gasteiger partial charge < -0.3 is 10.6 Å². The molecule has 0 bridgehead atoms. The monoisotopic (exact) mass is 360 g/mol. The Hall–Kier alpha value is -1.85. The number of nitrogens with zero attached hydrogens (tertiary/aromatic N) is 2. The zero-order valence-electron chi connectivity index (χ0n) is 14.5. The Labute approximate surface area is 154 Å². The first kappa shape index (κ1) is 18.0. The molecular weight excluding hydrogens is 336 g/mol. The molecule has 5 nitrogen and oxygen atoms in total. The highest BCUT2D eigenvalue weighted by molar-refractivity contribution is 5.94. The largest absolute Gasteiger partial charge is 0.347 e. The summed E-state index contributed by atoms with van der Waals surface area (Å²) >= 11 is 0. The maximum atomic E-state index is 12.8. The van der Waals surface area contributed by atoms with Crippen LogP contribution < -0.4 is 10.6 Å². The van der Waals surface area contributed by atoms with Crippen LogP contribution in [0.5, 0.6) is 0 Å². The third-order valence-electron chi connectivity index (χ3n) is 5.12. The molecule has 1 atom stereocenters. The minimum atomic E-state index is -0.0193. The molecular formula is C19H25ClN4O. The molecule has 134 valence electrons. The summed E-state index contributed by atoms with van der Waals surface area (Å²) in [4.78, 5) is 12.8. The van der Waals surface area contributed by atoms with Gasteiger partial charge in [0.1, 0.15) is 0 Å². The van der Waals surface area contributed by atoms with Crippen LogP contribution in [0, 0.1) is 6.92 Å². The van der Waals surface area contributed by atoms with Crippen LogP contribution in [0.1, 0.15) is 46.6 Å². The Morgan fingerprint density at radius 2 is 2.12 bits per heavy atom. The number of fused-ring (bicyclic) bond motifs is 1. The molecule has 25 heavy (non-hydrogen) atoms. The van der Waals surface area contributed by atoms with E-state index in [-0.39, 0.29) is 24.4 Å². The van der Waals surface area contributed by atoms with E-state index in [0.717, 1.165) is 56.4 Å². The van der Waals surface area contributed by atoms with Gasteiger partial charge in [-0.15, -0.1) is 12.4 Å². The maximum absolute atomic E-state index is 12.8. The third kappa shape index (κ3) is 3.44. The summed E-state index contributed by atoms with van der Waals surface area (Å²) in [6.07, 6.45) is 5.20. The topological polar surface area (TPSA) is 59.0 Å². The normalized spacial score (nSPS) is 19.2. The van der Waals surface area contributed by atoms with Gasteiger partial charge in [0.15, 0.2) is 5.69 Å². The fraction of sp³-hybridized carbons (Fsp3) is 0.474. The quantitative estimate of drug-likeness (QED) is 0.884. The highest BCUT2D eigenvalue weighted by Crippen LogP contribution is 2.28. The summed E-state index contributed by atoms with van der Waals surface area (Å²) in [5.74, 6) is -0.0193. The van der Waals surface area contributed by atoms with E-state index in [1.807, 2.05) is 16.8 Å². The van der Waals surface area contributed by atoms with E-state index in [4.69, 9.17) is 5.10 Å². The first-order valence-corrected chi connectivity index (χ1v) is 8.92. The second kappa shape index (κ2) is 7.58. The van der Waals surface area contributed by atoms with Crippen LogP contribution >= 0.6 is 12.4 Å². The number of carbonyl (C=O) groups is 1. The minimum Gasteiger partial charge on any atom is -0.347 e. The van der Waals surface area contributed by atoms with Crippen molar-refractivity contribution in [1.29, 1.82) is 0 Å². The van der Waals surface area contributed by atoms with Crippen molar-refractivity contribution in [3.63, 3.8) is 0 Å². The van der Waals surface area contributed by atoms with Crippen molar-refractivity contribution in [2.75, 3.05) is 13.1 Å². The van der Waals surface area contributed by atoms with Crippen molar-refractivity contribution >= 4 is 18.3 Å². The standard InChI is InChI=1S/C19H24N4O.ClH/c1-13-6-2-3-9-16(13)23-17-10-4-8-15(17)18(22-23)19(24)21-14-7-5-11-20-12-14;/h2-3,6,9,14,20H,4-5,7-8,10-12H2,1H3,(H,21,24);1H/t14-;/m0./s1. The highest BCUT2D eigenvalue weighted by atomic mass is 35.5. The number of aromatic nitrogens is 2. The number of benzene rings is 1. The SMILES string of the molecule is Cc1ccccc1-n1nc(C(=O)N[C@H]2CCCNC2)c2c1CCC2.Cl. The van der Waals surface area contributed by atoms with Crippen LogP contribution in [0.3, 0.4) is 0 Å². The number of rotatable bonds is 3. The van der Waals surface area contributed by atoms with Crippen LogP contribution in [0.2, 0.25) is 0 Å². The molecule has 1 aliphatic carbocycles. The molecule has 1 aromatic carbocycles. The molecule has 4 rings (SSSR count). The summed E-state index contributed by atoms with van der Waals surface area (Å²) < 4.78 is 1.99. The Balaban J connectivity index is 0.00000182. The first-order chi connectivity index (χ1) is 11.7. The lowest BCUT2D eigenvalue weighted by molar-refractivity contribution is 0.0924. The molecule has 1 fully saturated rings. The van der Waals surface area contributed by atoms with Crippen LogP contribution in [-0.4, -0.2) is 34.8 Å². The van der Waals surface area contributed by atoms with E-state index in [1.54, 1.807) is 0 Å². The molecule has 2 N–H and O–H groups in total. The number of aryl methyl sites for hydroxylation is 1. The van der Waals surface area contributed by atoms with Gasteiger partial charge in [0.2, 0.25) is 0 Å². The lowest BCUT2D eigenvalue weighted by Crippen LogP contribution is -2.45. The van der Waals surface area contributed by atoms with Gasteiger partial charge in [-0.05, 0) is 57.2 Å². The van der Waals surface area contributed by atoms with Gasteiger partial charge in [0, 0.05) is 23.8 Å². The summed E-state index contributed by atoms with van der Waals surface area (Å²) in [5.41, 5.74) is 5.22. The molecule has 2 heterocycles. The molecule has 6 heteroatoms. The van der Waals surface area contributed by atoms with Crippen LogP contribution in [-0.2, 0) is 12.8 Å². The molecule has 1 saturated heterocycles. The zero-order chi connectivity index (χ0) is 16.5. The van der Waals surface area contributed by atoms with E-state index in [2.05, 4.69) is 29.7 Å². The second-order valence-corrected chi connectivity index (χ2v) is 6.84. The summed E-state index contributed by atoms with van der Waals surface area (Å²) in [6, 6.07) is 8.44. The average Bonchev–Trinajstić information content (AvgIpc) is 3.19. The lowest BCUT2D eigenvalue weighted by Gasteiger charge is -2.23. The van der Waals surface area contributed by atoms with Crippen LogP contribution in [0.4, 0.5) is 0 Å². The Morgan fingerprint density at radius 3 is 2.88 bits per heavy atom. The van der Waals surface area contributed by atoms with E-state index in [1.165, 1.54) is 11.3 Å². The zero-order valence-corrected chi connectivity index (χ0v) is 15.4. The summed E-state index contributed by atoms with van der Waals surface area (Å²) in [5, 5.41) is 11.2. The van der Waals surface area contributed by atoms with Crippen molar-refractivity contribution < 1.29 is 4.79 Å². The highest BCUT2D eigenvalue weighted by Gasteiger charge is 2.28. The van der Waals surface area contributed by atoms with Gasteiger partial charge in [0.25, 0.3) is 5.91 Å². The molecule has 1 aromatic heterocycles. The van der Waals surface area contributed by atoms with Gasteiger partial charge in [-0.25, -0.2) is 4.68 Å². The van der Waals surface area contributed by atoms with E-state index < -0.39 is 0 Å². The fourth-order valence-electron chi connectivity index (χ4n) is 3.85. The molecule has 0 unspecified atom stereocenters. The number of halogens is 1. The van der Waals surface area contributed by atoms with Gasteiger partial charge in [-0.1, -0.05) is 18.2 Å².